The second-order valence-electron chi connectivity index (χ2n) is 10.5. The van der Waals surface area contributed by atoms with Gasteiger partial charge in [0.1, 0.15) is 11.7 Å². The summed E-state index contributed by atoms with van der Waals surface area (Å²) in [6.45, 7) is 9.94. The zero-order valence-electron chi connectivity index (χ0n) is 23.9. The van der Waals surface area contributed by atoms with Crippen LogP contribution in [0.3, 0.4) is 0 Å². The number of pyridine rings is 1. The number of nitrogens with two attached hydrogens (primary N) is 1. The van der Waals surface area contributed by atoms with Crippen molar-refractivity contribution in [2.45, 2.75) is 65.1 Å². The molecule has 0 aliphatic carbocycles. The van der Waals surface area contributed by atoms with Crippen molar-refractivity contribution >= 4 is 18.1 Å². The molecule has 0 saturated carbocycles. The third kappa shape index (κ3) is 9.79. The summed E-state index contributed by atoms with van der Waals surface area (Å²) >= 11 is 0. The lowest BCUT2D eigenvalue weighted by atomic mass is 9.87. The number of aryl methyl sites for hydroxylation is 1. The predicted octanol–water partition coefficient (Wildman–Crippen LogP) is 6.83. The van der Waals surface area contributed by atoms with Gasteiger partial charge in [0.25, 0.3) is 0 Å². The van der Waals surface area contributed by atoms with Crippen molar-refractivity contribution in [3.05, 3.63) is 82.9 Å². The van der Waals surface area contributed by atoms with E-state index >= 15 is 0 Å². The van der Waals surface area contributed by atoms with Crippen LogP contribution in [0.2, 0.25) is 0 Å². The van der Waals surface area contributed by atoms with Crippen molar-refractivity contribution in [3.8, 4) is 11.3 Å². The molecule has 6 nitrogen and oxygen atoms in total. The van der Waals surface area contributed by atoms with Crippen LogP contribution in [0.5, 0.6) is 0 Å². The van der Waals surface area contributed by atoms with Crippen molar-refractivity contribution < 1.29 is 18.0 Å². The van der Waals surface area contributed by atoms with E-state index in [9.17, 15) is 18.0 Å². The zero-order chi connectivity index (χ0) is 29.9. The average molecular weight is 556 g/mol. The maximum absolute atomic E-state index is 12.7. The predicted molar refractivity (Wildman–Crippen MR) is 156 cm³/mol. The van der Waals surface area contributed by atoms with Crippen LogP contribution in [-0.2, 0) is 29.4 Å². The molecule has 2 aromatic carbocycles. The minimum Gasteiger partial charge on any atom is -0.383 e. The highest BCUT2D eigenvalue weighted by atomic mass is 19.4. The Morgan fingerprint density at radius 1 is 1.00 bits per heavy atom. The number of hydrogen-bond acceptors (Lipinski definition) is 5. The number of nitrogen functional groups attached to an aromatic ring is 1. The van der Waals surface area contributed by atoms with Gasteiger partial charge in [-0.15, -0.1) is 0 Å². The number of amidine groups is 1. The second-order valence-corrected chi connectivity index (χ2v) is 10.5. The molecule has 216 valence electrons. The average Bonchev–Trinajstić information content (AvgIpc) is 2.89. The number of hydrogen-bond donors (Lipinski definition) is 3. The van der Waals surface area contributed by atoms with Gasteiger partial charge >= 0.3 is 6.18 Å². The fourth-order valence-electron chi connectivity index (χ4n) is 3.98. The molecule has 0 saturated heterocycles. The number of nitrogens with zero attached hydrogens (tertiary/aromatic N) is 2. The Balaban J connectivity index is 0.000000360. The van der Waals surface area contributed by atoms with Crippen molar-refractivity contribution in [2.75, 3.05) is 19.3 Å². The molecule has 0 unspecified atom stereocenters. The fraction of sp³-hybridized carbons (Fsp3) is 0.387. The van der Waals surface area contributed by atoms with E-state index < -0.39 is 17.6 Å². The molecule has 1 heterocycles. The van der Waals surface area contributed by atoms with Gasteiger partial charge in [-0.25, -0.2) is 4.98 Å². The summed E-state index contributed by atoms with van der Waals surface area (Å²) in [7, 11) is 1.97. The molecule has 9 heteroatoms. The summed E-state index contributed by atoms with van der Waals surface area (Å²) in [4.78, 5) is 16.0. The van der Waals surface area contributed by atoms with E-state index in [4.69, 9.17) is 11.1 Å². The Bertz CT molecular complexity index is 1230. The third-order valence-electron chi connectivity index (χ3n) is 6.37. The quantitative estimate of drug-likeness (QED) is 0.153. The van der Waals surface area contributed by atoms with Gasteiger partial charge in [-0.1, -0.05) is 69.3 Å². The standard InChI is InChI=1S/C19H21F3N4O.C12H19N/c1-2-26(12-27)17(23)5-3-4-13-6-8-14(9-7-13)16-11-10-15(18(24)25-16)19(20,21)22;1-12(2,3)11-7-5-10(6-8-11)9-13-4/h6-12,23H,2-5H2,1H3,(H2,24,25);5-8,13H,9H2,1-4H3. The molecule has 0 aliphatic rings. The van der Waals surface area contributed by atoms with Gasteiger partial charge in [-0.05, 0) is 61.1 Å². The minimum atomic E-state index is -4.52. The van der Waals surface area contributed by atoms with E-state index in [0.29, 0.717) is 37.1 Å². The highest BCUT2D eigenvalue weighted by Gasteiger charge is 2.33. The van der Waals surface area contributed by atoms with E-state index in [1.54, 1.807) is 12.1 Å². The van der Waals surface area contributed by atoms with Crippen LogP contribution in [0.1, 0.15) is 62.8 Å². The number of aromatic nitrogens is 1. The van der Waals surface area contributed by atoms with E-state index in [1.165, 1.54) is 22.1 Å². The Labute approximate surface area is 235 Å². The van der Waals surface area contributed by atoms with Gasteiger partial charge in [0.15, 0.2) is 0 Å². The lowest BCUT2D eigenvalue weighted by molar-refractivity contribution is -0.137. The Morgan fingerprint density at radius 3 is 2.08 bits per heavy atom. The Hall–Kier alpha value is -3.72. The van der Waals surface area contributed by atoms with Gasteiger partial charge in [-0.2, -0.15) is 13.2 Å². The highest BCUT2D eigenvalue weighted by Crippen LogP contribution is 2.34. The van der Waals surface area contributed by atoms with Crippen LogP contribution in [0.25, 0.3) is 11.3 Å². The van der Waals surface area contributed by atoms with Crippen molar-refractivity contribution in [3.63, 3.8) is 0 Å². The molecule has 40 heavy (non-hydrogen) atoms. The summed E-state index contributed by atoms with van der Waals surface area (Å²) in [5.41, 5.74) is 9.57. The number of benzene rings is 2. The number of halogens is 3. The smallest absolute Gasteiger partial charge is 0.383 e. The van der Waals surface area contributed by atoms with Crippen molar-refractivity contribution in [1.82, 2.24) is 15.2 Å². The fourth-order valence-corrected chi connectivity index (χ4v) is 3.98. The van der Waals surface area contributed by atoms with E-state index in [-0.39, 0.29) is 11.3 Å². The number of rotatable bonds is 9. The van der Waals surface area contributed by atoms with E-state index in [1.807, 2.05) is 26.1 Å². The topological polar surface area (TPSA) is 95.1 Å². The summed E-state index contributed by atoms with van der Waals surface area (Å²) in [5, 5.41) is 11.0. The van der Waals surface area contributed by atoms with Crippen LogP contribution >= 0.6 is 0 Å². The number of carbonyl (C=O) groups excluding carboxylic acids is 1. The Kier molecular flexibility index (Phi) is 11.9. The van der Waals surface area contributed by atoms with Crippen molar-refractivity contribution in [1.29, 1.82) is 5.41 Å². The maximum Gasteiger partial charge on any atom is 0.419 e. The largest absolute Gasteiger partial charge is 0.419 e. The van der Waals surface area contributed by atoms with Gasteiger partial charge in [0.05, 0.1) is 11.3 Å². The molecule has 0 atom stereocenters. The van der Waals surface area contributed by atoms with Crippen LogP contribution < -0.4 is 11.1 Å². The lowest BCUT2D eigenvalue weighted by Crippen LogP contribution is -2.28. The van der Waals surface area contributed by atoms with Crippen LogP contribution in [0.15, 0.2) is 60.7 Å². The molecule has 4 N–H and O–H groups in total. The molecular formula is C31H40F3N5O. The molecular weight excluding hydrogens is 515 g/mol. The van der Waals surface area contributed by atoms with Crippen LogP contribution in [-0.4, -0.2) is 35.7 Å². The molecule has 0 spiro atoms. The number of nitrogens with one attached hydrogen (secondary N) is 2. The van der Waals surface area contributed by atoms with Gasteiger partial charge in [0.2, 0.25) is 6.41 Å². The molecule has 0 radical (unpaired) electrons. The van der Waals surface area contributed by atoms with Gasteiger partial charge in [0, 0.05) is 25.1 Å². The van der Waals surface area contributed by atoms with Crippen molar-refractivity contribution in [2.24, 2.45) is 0 Å². The molecule has 3 aromatic rings. The molecule has 3 rings (SSSR count). The van der Waals surface area contributed by atoms with Gasteiger partial charge in [-0.3, -0.25) is 10.2 Å². The normalized spacial score (nSPS) is 11.4. The highest BCUT2D eigenvalue weighted by molar-refractivity contribution is 5.88. The first-order valence-corrected chi connectivity index (χ1v) is 13.3. The number of carbonyl (C=O) groups is 1. The molecule has 1 amide bonds. The molecule has 1 aromatic heterocycles. The second kappa shape index (κ2) is 14.6. The summed E-state index contributed by atoms with van der Waals surface area (Å²) in [6, 6.07) is 18.3. The number of amides is 1. The Morgan fingerprint density at radius 2 is 1.60 bits per heavy atom. The van der Waals surface area contributed by atoms with E-state index in [2.05, 4.69) is 55.3 Å². The number of anilines is 1. The summed E-state index contributed by atoms with van der Waals surface area (Å²) < 4.78 is 38.2. The third-order valence-corrected chi connectivity index (χ3v) is 6.37. The van der Waals surface area contributed by atoms with Crippen LogP contribution in [0.4, 0.5) is 19.0 Å². The lowest BCUT2D eigenvalue weighted by Gasteiger charge is -2.19. The zero-order valence-corrected chi connectivity index (χ0v) is 23.9. The summed E-state index contributed by atoms with van der Waals surface area (Å²) in [5.74, 6) is -0.258. The van der Waals surface area contributed by atoms with Gasteiger partial charge < -0.3 is 16.0 Å². The SMILES string of the molecule is CCN(C=O)C(=N)CCCc1ccc(-c2ccc(C(F)(F)F)c(N)n2)cc1.CNCc1ccc(C(C)(C)C)cc1. The molecule has 0 fully saturated rings. The summed E-state index contributed by atoms with van der Waals surface area (Å²) in [6.07, 6.45) is -1.94. The molecule has 0 bridgehead atoms. The first-order chi connectivity index (χ1) is 18.8. The maximum atomic E-state index is 12.7. The minimum absolute atomic E-state index is 0.262. The molecule has 0 aliphatic heterocycles. The first kappa shape index (κ1) is 32.5. The van der Waals surface area contributed by atoms with Crippen LogP contribution in [0, 0.1) is 5.41 Å². The van der Waals surface area contributed by atoms with E-state index in [0.717, 1.165) is 24.6 Å². The first-order valence-electron chi connectivity index (χ1n) is 13.3. The monoisotopic (exact) mass is 555 g/mol. The number of alkyl halides is 3.